The van der Waals surface area contributed by atoms with Crippen LogP contribution in [0.5, 0.6) is 0 Å². The maximum Gasteiger partial charge on any atom is 0.463 e. The fourth-order valence-electron chi connectivity index (χ4n) is 1.25. The zero-order valence-electron chi connectivity index (χ0n) is 9.43. The molecule has 0 saturated carbocycles. The van der Waals surface area contributed by atoms with Crippen LogP contribution in [0.15, 0.2) is 18.2 Å². The van der Waals surface area contributed by atoms with Crippen molar-refractivity contribution in [2.45, 2.75) is 12.1 Å². The highest BCUT2D eigenvalue weighted by Crippen LogP contribution is 2.38. The van der Waals surface area contributed by atoms with E-state index >= 15 is 0 Å². The summed E-state index contributed by atoms with van der Waals surface area (Å²) in [7, 11) is 0.754. The number of nitrogen functional groups attached to an aromatic ring is 1. The Kier molecular flexibility index (Phi) is 3.94. The van der Waals surface area contributed by atoms with Gasteiger partial charge in [0.25, 0.3) is 0 Å². The van der Waals surface area contributed by atoms with E-state index in [2.05, 4.69) is 0 Å². The van der Waals surface area contributed by atoms with Gasteiger partial charge in [0.15, 0.2) is 0 Å². The van der Waals surface area contributed by atoms with Gasteiger partial charge in [0.2, 0.25) is 0 Å². The number of carbonyl (C=O) groups is 1. The average molecular weight is 303 g/mol. The number of nitrogens with two attached hydrogens (primary N) is 1. The highest BCUT2D eigenvalue weighted by Gasteiger charge is 2.64. The lowest BCUT2D eigenvalue weighted by Crippen LogP contribution is -2.51. The molecule has 9 heteroatoms. The van der Waals surface area contributed by atoms with Crippen molar-refractivity contribution in [3.05, 3.63) is 23.2 Å². The van der Waals surface area contributed by atoms with Gasteiger partial charge >= 0.3 is 18.0 Å². The number of carbonyl (C=O) groups excluding carboxylic acids is 1. The third-order valence-electron chi connectivity index (χ3n) is 2.28. The normalized spacial score (nSPS) is 12.4. The average Bonchev–Trinajstić information content (AvgIpc) is 2.28. The standard InChI is InChI=1S/C10H8ClF5N2O/c1-18(7-4-5(11)2-3-6(7)17)8(19)9(12,13)10(14,15)16/h2-4H,17H2,1H3. The van der Waals surface area contributed by atoms with Crippen molar-refractivity contribution in [3.8, 4) is 0 Å². The molecule has 0 heterocycles. The minimum absolute atomic E-state index is 0.0409. The lowest BCUT2D eigenvalue weighted by Gasteiger charge is -2.25. The van der Waals surface area contributed by atoms with E-state index in [0.717, 1.165) is 13.1 Å². The van der Waals surface area contributed by atoms with Crippen LogP contribution < -0.4 is 10.6 Å². The van der Waals surface area contributed by atoms with Crippen LogP contribution in [0, 0.1) is 0 Å². The molecular weight excluding hydrogens is 295 g/mol. The largest absolute Gasteiger partial charge is 0.463 e. The first kappa shape index (κ1) is 15.5. The molecule has 0 unspecified atom stereocenters. The van der Waals surface area contributed by atoms with E-state index in [9.17, 15) is 26.7 Å². The van der Waals surface area contributed by atoms with Crippen molar-refractivity contribution in [1.29, 1.82) is 0 Å². The molecular formula is C10H8ClF5N2O. The second-order valence-corrected chi connectivity index (χ2v) is 4.08. The zero-order chi connectivity index (χ0) is 15.0. The third-order valence-corrected chi connectivity index (χ3v) is 2.52. The summed E-state index contributed by atoms with van der Waals surface area (Å²) >= 11 is 5.57. The summed E-state index contributed by atoms with van der Waals surface area (Å²) in [5.41, 5.74) is 4.92. The molecule has 0 bridgehead atoms. The van der Waals surface area contributed by atoms with Gasteiger partial charge in [-0.05, 0) is 18.2 Å². The van der Waals surface area contributed by atoms with E-state index in [4.69, 9.17) is 17.3 Å². The Morgan fingerprint density at radius 3 is 2.26 bits per heavy atom. The number of hydrogen-bond donors (Lipinski definition) is 1. The lowest BCUT2D eigenvalue weighted by molar-refractivity contribution is -0.268. The van der Waals surface area contributed by atoms with Gasteiger partial charge in [-0.15, -0.1) is 0 Å². The molecule has 1 aromatic rings. The molecule has 0 spiro atoms. The van der Waals surface area contributed by atoms with E-state index < -0.39 is 18.0 Å². The second kappa shape index (κ2) is 4.84. The number of nitrogens with zero attached hydrogens (tertiary/aromatic N) is 1. The highest BCUT2D eigenvalue weighted by atomic mass is 35.5. The summed E-state index contributed by atoms with van der Waals surface area (Å²) in [5, 5.41) is 0.0409. The molecule has 106 valence electrons. The number of hydrogen-bond acceptors (Lipinski definition) is 2. The predicted octanol–water partition coefficient (Wildman–Crippen LogP) is 3.08. The van der Waals surface area contributed by atoms with Crippen LogP contribution in [-0.4, -0.2) is 25.1 Å². The van der Waals surface area contributed by atoms with Gasteiger partial charge in [0, 0.05) is 12.1 Å². The molecule has 3 nitrogen and oxygen atoms in total. The van der Waals surface area contributed by atoms with Gasteiger partial charge in [0.1, 0.15) is 0 Å². The zero-order valence-corrected chi connectivity index (χ0v) is 10.2. The van der Waals surface area contributed by atoms with E-state index in [1.54, 1.807) is 0 Å². The lowest BCUT2D eigenvalue weighted by atomic mass is 10.2. The van der Waals surface area contributed by atoms with Crippen LogP contribution in [-0.2, 0) is 4.79 Å². The molecule has 0 fully saturated rings. The van der Waals surface area contributed by atoms with Crippen LogP contribution in [0.25, 0.3) is 0 Å². The van der Waals surface area contributed by atoms with Crippen molar-refractivity contribution in [3.63, 3.8) is 0 Å². The van der Waals surface area contributed by atoms with E-state index in [1.165, 1.54) is 12.1 Å². The van der Waals surface area contributed by atoms with Gasteiger partial charge < -0.3 is 10.6 Å². The molecule has 0 aromatic heterocycles. The quantitative estimate of drug-likeness (QED) is 0.674. The maximum absolute atomic E-state index is 12.9. The first-order valence-corrected chi connectivity index (χ1v) is 5.14. The summed E-state index contributed by atoms with van der Waals surface area (Å²) in [4.78, 5) is 11.4. The third kappa shape index (κ3) is 2.89. The van der Waals surface area contributed by atoms with E-state index in [-0.39, 0.29) is 21.3 Å². The van der Waals surface area contributed by atoms with Crippen molar-refractivity contribution < 1.29 is 26.7 Å². The highest BCUT2D eigenvalue weighted by molar-refractivity contribution is 6.31. The molecule has 1 amide bonds. The first-order chi connectivity index (χ1) is 8.48. The van der Waals surface area contributed by atoms with Crippen molar-refractivity contribution >= 4 is 28.9 Å². The minimum atomic E-state index is -5.98. The molecule has 0 saturated heterocycles. The Hall–Kier alpha value is -1.57. The number of benzene rings is 1. The van der Waals surface area contributed by atoms with Crippen LogP contribution in [0.4, 0.5) is 33.3 Å². The Labute approximate surface area is 109 Å². The maximum atomic E-state index is 12.9. The van der Waals surface area contributed by atoms with Crippen LogP contribution in [0.3, 0.4) is 0 Å². The Bertz CT molecular complexity index is 503. The second-order valence-electron chi connectivity index (χ2n) is 3.64. The summed E-state index contributed by atoms with van der Waals surface area (Å²) in [5.74, 6) is -7.94. The summed E-state index contributed by atoms with van der Waals surface area (Å²) < 4.78 is 62.1. The van der Waals surface area contributed by atoms with Gasteiger partial charge in [-0.1, -0.05) is 11.6 Å². The molecule has 2 N–H and O–H groups in total. The van der Waals surface area contributed by atoms with E-state index in [1.807, 2.05) is 0 Å². The SMILES string of the molecule is CN(C(=O)C(F)(F)C(F)(F)F)c1cc(Cl)ccc1N. The summed E-state index contributed by atoms with van der Waals surface area (Å²) in [6.07, 6.45) is -5.98. The molecule has 0 radical (unpaired) electrons. The van der Waals surface area contributed by atoms with Crippen molar-refractivity contribution in [2.24, 2.45) is 0 Å². The predicted molar refractivity (Wildman–Crippen MR) is 60.3 cm³/mol. The van der Waals surface area contributed by atoms with Gasteiger partial charge in [0.05, 0.1) is 11.4 Å². The van der Waals surface area contributed by atoms with Gasteiger partial charge in [-0.3, -0.25) is 4.79 Å². The molecule has 0 aliphatic carbocycles. The fourth-order valence-corrected chi connectivity index (χ4v) is 1.41. The van der Waals surface area contributed by atoms with Crippen LogP contribution >= 0.6 is 11.6 Å². The smallest absolute Gasteiger partial charge is 0.397 e. The van der Waals surface area contributed by atoms with Gasteiger partial charge in [-0.25, -0.2) is 0 Å². The van der Waals surface area contributed by atoms with Crippen molar-refractivity contribution in [2.75, 3.05) is 17.7 Å². The van der Waals surface area contributed by atoms with Crippen LogP contribution in [0.1, 0.15) is 0 Å². The number of rotatable bonds is 2. The first-order valence-electron chi connectivity index (χ1n) is 4.76. The van der Waals surface area contributed by atoms with E-state index in [0.29, 0.717) is 0 Å². The Morgan fingerprint density at radius 2 is 1.79 bits per heavy atom. The minimum Gasteiger partial charge on any atom is -0.397 e. The molecule has 0 aliphatic heterocycles. The Balaban J connectivity index is 3.17. The molecule has 0 atom stereocenters. The summed E-state index contributed by atoms with van der Waals surface area (Å²) in [6.45, 7) is 0. The number of amides is 1. The van der Waals surface area contributed by atoms with Crippen molar-refractivity contribution in [1.82, 2.24) is 0 Å². The topological polar surface area (TPSA) is 46.3 Å². The number of halogens is 6. The molecule has 1 rings (SSSR count). The molecule has 19 heavy (non-hydrogen) atoms. The Morgan fingerprint density at radius 1 is 1.26 bits per heavy atom. The number of alkyl halides is 5. The van der Waals surface area contributed by atoms with Crippen LogP contribution in [0.2, 0.25) is 5.02 Å². The molecule has 0 aliphatic rings. The fraction of sp³-hybridized carbons (Fsp3) is 0.300. The number of anilines is 2. The molecule has 1 aromatic carbocycles. The van der Waals surface area contributed by atoms with Gasteiger partial charge in [-0.2, -0.15) is 22.0 Å². The summed E-state index contributed by atoms with van der Waals surface area (Å²) in [6, 6.07) is 3.51. The monoisotopic (exact) mass is 302 g/mol.